The maximum Gasteiger partial charge on any atom is 0.276 e. The van der Waals surface area contributed by atoms with Gasteiger partial charge in [0.2, 0.25) is 0 Å². The summed E-state index contributed by atoms with van der Waals surface area (Å²) in [6.45, 7) is 4.90. The summed E-state index contributed by atoms with van der Waals surface area (Å²) >= 11 is 5.35. The lowest BCUT2D eigenvalue weighted by Crippen LogP contribution is -2.32. The van der Waals surface area contributed by atoms with E-state index in [-0.39, 0.29) is 11.6 Å². The summed E-state index contributed by atoms with van der Waals surface area (Å²) in [7, 11) is 0. The minimum absolute atomic E-state index is 0.0194. The number of nitrogens with zero attached hydrogens (tertiary/aromatic N) is 3. The molecule has 1 saturated heterocycles. The van der Waals surface area contributed by atoms with Crippen LogP contribution in [0.1, 0.15) is 19.6 Å². The third-order valence-corrected chi connectivity index (χ3v) is 4.56. The molecule has 1 aromatic heterocycles. The zero-order valence-electron chi connectivity index (χ0n) is 14.3. The molecule has 8 heteroatoms. The molecular formula is C18H17N3O4S. The largest absolute Gasteiger partial charge is 0.457 e. The van der Waals surface area contributed by atoms with Gasteiger partial charge < -0.3 is 9.32 Å². The number of likely N-dealkylation sites (N-methyl/N-ethyl adjacent to an activating group) is 2. The quantitative estimate of drug-likeness (QED) is 0.345. The zero-order chi connectivity index (χ0) is 18.8. The smallest absolute Gasteiger partial charge is 0.276 e. The van der Waals surface area contributed by atoms with Gasteiger partial charge in [0, 0.05) is 36.9 Å². The van der Waals surface area contributed by atoms with Crippen LogP contribution >= 0.6 is 12.2 Å². The Kier molecular flexibility index (Phi) is 4.85. The maximum absolute atomic E-state index is 12.5. The predicted molar refractivity (Wildman–Crippen MR) is 101 cm³/mol. The summed E-state index contributed by atoms with van der Waals surface area (Å²) in [6, 6.07) is 9.61. The highest BCUT2D eigenvalue weighted by molar-refractivity contribution is 7.80. The molecule has 0 bridgehead atoms. The molecule has 0 saturated carbocycles. The molecule has 0 N–H and O–H groups in total. The number of amides is 1. The van der Waals surface area contributed by atoms with E-state index >= 15 is 0 Å². The average molecular weight is 371 g/mol. The number of carbonyl (C=O) groups excluding carboxylic acids is 1. The predicted octanol–water partition coefficient (Wildman–Crippen LogP) is 3.66. The van der Waals surface area contributed by atoms with Gasteiger partial charge in [-0.3, -0.25) is 19.8 Å². The van der Waals surface area contributed by atoms with Crippen molar-refractivity contribution in [2.24, 2.45) is 0 Å². The number of furan rings is 1. The van der Waals surface area contributed by atoms with Gasteiger partial charge in [-0.2, -0.15) is 0 Å². The van der Waals surface area contributed by atoms with Gasteiger partial charge >= 0.3 is 0 Å². The number of hydrogen-bond donors (Lipinski definition) is 0. The fourth-order valence-corrected chi connectivity index (χ4v) is 3.22. The molecule has 1 fully saturated rings. The van der Waals surface area contributed by atoms with E-state index in [4.69, 9.17) is 16.6 Å². The zero-order valence-corrected chi connectivity index (χ0v) is 15.2. The van der Waals surface area contributed by atoms with Gasteiger partial charge in [0.05, 0.1) is 4.92 Å². The molecule has 1 aliphatic rings. The number of rotatable bonds is 5. The molecule has 0 unspecified atom stereocenters. The van der Waals surface area contributed by atoms with E-state index < -0.39 is 4.92 Å². The first-order valence-corrected chi connectivity index (χ1v) is 8.56. The van der Waals surface area contributed by atoms with Crippen LogP contribution in [0, 0.1) is 10.1 Å². The third kappa shape index (κ3) is 3.11. The van der Waals surface area contributed by atoms with Crippen LogP contribution in [0.3, 0.4) is 0 Å². The van der Waals surface area contributed by atoms with Crippen LogP contribution in [-0.4, -0.2) is 38.8 Å². The number of non-ortho nitro benzene ring substituents is 1. The van der Waals surface area contributed by atoms with Gasteiger partial charge in [-0.1, -0.05) is 0 Å². The molecule has 134 valence electrons. The van der Waals surface area contributed by atoms with Crippen molar-refractivity contribution in [3.63, 3.8) is 0 Å². The van der Waals surface area contributed by atoms with E-state index in [2.05, 4.69) is 0 Å². The lowest BCUT2D eigenvalue weighted by atomic mass is 10.1. The number of nitro groups is 1. The first-order chi connectivity index (χ1) is 12.5. The van der Waals surface area contributed by atoms with Crippen molar-refractivity contribution >= 4 is 35.0 Å². The average Bonchev–Trinajstić information content (AvgIpc) is 3.18. The minimum Gasteiger partial charge on any atom is -0.457 e. The molecule has 1 aromatic carbocycles. The molecule has 3 rings (SSSR count). The van der Waals surface area contributed by atoms with Gasteiger partial charge in [0.15, 0.2) is 5.11 Å². The van der Waals surface area contributed by atoms with Gasteiger partial charge in [0.25, 0.3) is 11.6 Å². The summed E-state index contributed by atoms with van der Waals surface area (Å²) < 4.78 is 5.79. The molecule has 7 nitrogen and oxygen atoms in total. The molecule has 2 heterocycles. The number of hydrogen-bond acceptors (Lipinski definition) is 5. The van der Waals surface area contributed by atoms with Crippen LogP contribution in [-0.2, 0) is 4.79 Å². The first-order valence-electron chi connectivity index (χ1n) is 8.16. The lowest BCUT2D eigenvalue weighted by molar-refractivity contribution is -0.384. The molecule has 0 spiro atoms. The van der Waals surface area contributed by atoms with Crippen LogP contribution in [0.15, 0.2) is 46.5 Å². The second kappa shape index (κ2) is 7.09. The second-order valence-electron chi connectivity index (χ2n) is 5.61. The summed E-state index contributed by atoms with van der Waals surface area (Å²) in [6.07, 6.45) is 1.67. The second-order valence-corrected chi connectivity index (χ2v) is 5.98. The Balaban J connectivity index is 1.90. The maximum atomic E-state index is 12.5. The Hall–Kier alpha value is -3.00. The molecule has 0 radical (unpaired) electrons. The Labute approximate surface area is 155 Å². The van der Waals surface area contributed by atoms with Crippen molar-refractivity contribution in [1.82, 2.24) is 9.80 Å². The summed E-state index contributed by atoms with van der Waals surface area (Å²) in [4.78, 5) is 26.1. The van der Waals surface area contributed by atoms with Gasteiger partial charge in [0.1, 0.15) is 17.2 Å². The van der Waals surface area contributed by atoms with E-state index in [0.717, 1.165) is 5.56 Å². The molecule has 0 aliphatic carbocycles. The molecular weight excluding hydrogens is 354 g/mol. The van der Waals surface area contributed by atoms with E-state index in [9.17, 15) is 14.9 Å². The van der Waals surface area contributed by atoms with Crippen molar-refractivity contribution in [2.75, 3.05) is 13.1 Å². The molecule has 0 atom stereocenters. The summed E-state index contributed by atoms with van der Waals surface area (Å²) in [5.74, 6) is 0.934. The first kappa shape index (κ1) is 17.8. The van der Waals surface area contributed by atoms with Gasteiger partial charge in [-0.25, -0.2) is 0 Å². The highest BCUT2D eigenvalue weighted by atomic mass is 32.1. The van der Waals surface area contributed by atoms with Crippen LogP contribution in [0.2, 0.25) is 0 Å². The number of nitro benzene ring substituents is 1. The SMILES string of the molecule is CCN1C(=O)/C(=C\c2ccc(-c3ccc([N+](=O)[O-])cc3)o2)N(CC)C1=S. The van der Waals surface area contributed by atoms with Crippen molar-refractivity contribution in [2.45, 2.75) is 13.8 Å². The molecule has 2 aromatic rings. The lowest BCUT2D eigenvalue weighted by Gasteiger charge is -2.16. The Bertz CT molecular complexity index is 901. The number of carbonyl (C=O) groups is 1. The fraction of sp³-hybridized carbons (Fsp3) is 0.222. The summed E-state index contributed by atoms with van der Waals surface area (Å²) in [5.41, 5.74) is 1.21. The number of thiocarbonyl (C=S) groups is 1. The van der Waals surface area contributed by atoms with E-state index in [1.165, 1.54) is 12.1 Å². The van der Waals surface area contributed by atoms with Crippen molar-refractivity contribution in [3.05, 3.63) is 58.0 Å². The highest BCUT2D eigenvalue weighted by Crippen LogP contribution is 2.28. The fourth-order valence-electron chi connectivity index (χ4n) is 2.78. The van der Waals surface area contributed by atoms with Crippen LogP contribution < -0.4 is 0 Å². The molecule has 1 aliphatic heterocycles. The normalized spacial score (nSPS) is 16.0. The Morgan fingerprint density at radius 1 is 1.12 bits per heavy atom. The van der Waals surface area contributed by atoms with Crippen LogP contribution in [0.4, 0.5) is 5.69 Å². The monoisotopic (exact) mass is 371 g/mol. The Morgan fingerprint density at radius 2 is 1.77 bits per heavy atom. The van der Waals surface area contributed by atoms with Gasteiger partial charge in [-0.05, 0) is 50.3 Å². The Morgan fingerprint density at radius 3 is 2.35 bits per heavy atom. The molecule has 1 amide bonds. The van der Waals surface area contributed by atoms with E-state index in [0.29, 0.717) is 35.4 Å². The van der Waals surface area contributed by atoms with Crippen molar-refractivity contribution < 1.29 is 14.1 Å². The topological polar surface area (TPSA) is 79.8 Å². The molecule has 26 heavy (non-hydrogen) atoms. The van der Waals surface area contributed by atoms with E-state index in [1.807, 2.05) is 13.8 Å². The minimum atomic E-state index is -0.449. The van der Waals surface area contributed by atoms with Crippen LogP contribution in [0.5, 0.6) is 0 Å². The van der Waals surface area contributed by atoms with E-state index in [1.54, 1.807) is 40.1 Å². The summed E-state index contributed by atoms with van der Waals surface area (Å²) in [5, 5.41) is 11.2. The standard InChI is InChI=1S/C18H17N3O4S/c1-3-19-15(17(22)20(4-2)18(19)26)11-14-9-10-16(25-14)12-5-7-13(8-6-12)21(23)24/h5-11H,3-4H2,1-2H3/b15-11+. The van der Waals surface area contributed by atoms with Crippen molar-refractivity contribution in [1.29, 1.82) is 0 Å². The third-order valence-electron chi connectivity index (χ3n) is 4.12. The number of benzene rings is 1. The van der Waals surface area contributed by atoms with Crippen molar-refractivity contribution in [3.8, 4) is 11.3 Å². The van der Waals surface area contributed by atoms with Crippen LogP contribution in [0.25, 0.3) is 17.4 Å². The highest BCUT2D eigenvalue weighted by Gasteiger charge is 2.36. The van der Waals surface area contributed by atoms with Gasteiger partial charge in [-0.15, -0.1) is 0 Å².